The topological polar surface area (TPSA) is 83.8 Å². The molecule has 2 N–H and O–H groups in total. The van der Waals surface area contributed by atoms with Crippen LogP contribution in [-0.2, 0) is 17.7 Å². The number of nitrogens with zero attached hydrogens (tertiary/aromatic N) is 4. The summed E-state index contributed by atoms with van der Waals surface area (Å²) in [5, 5.41) is 7.98. The second-order valence-corrected chi connectivity index (χ2v) is 10.9. The Bertz CT molecular complexity index is 1500. The maximum absolute atomic E-state index is 7.05. The van der Waals surface area contributed by atoms with Gasteiger partial charge in [0.15, 0.2) is 5.90 Å². The van der Waals surface area contributed by atoms with Crippen molar-refractivity contribution in [1.29, 1.82) is 0 Å². The predicted octanol–water partition coefficient (Wildman–Crippen LogP) is 7.88. The molecule has 1 unspecified atom stereocenters. The molecule has 0 radical (unpaired) electrons. The first-order valence-electron chi connectivity index (χ1n) is 14.3. The molecule has 1 atom stereocenters. The fourth-order valence-electron chi connectivity index (χ4n) is 4.98. The van der Waals surface area contributed by atoms with Crippen LogP contribution in [0.25, 0.3) is 28.1 Å². The van der Waals surface area contributed by atoms with Crippen molar-refractivity contribution in [2.24, 2.45) is 9.98 Å². The first kappa shape index (κ1) is 31.4. The maximum Gasteiger partial charge on any atom is 0.188 e. The molecule has 0 spiro atoms. The number of hydrogen-bond donors (Lipinski definition) is 2. The molecule has 2 heterocycles. The second-order valence-electron chi connectivity index (χ2n) is 10.1. The van der Waals surface area contributed by atoms with Crippen molar-refractivity contribution in [1.82, 2.24) is 20.6 Å². The van der Waals surface area contributed by atoms with Gasteiger partial charge in [-0.15, -0.1) is 0 Å². The molecule has 9 heteroatoms. The van der Waals surface area contributed by atoms with Crippen molar-refractivity contribution in [3.05, 3.63) is 88.1 Å². The Labute approximate surface area is 258 Å². The van der Waals surface area contributed by atoms with Gasteiger partial charge in [0.05, 0.1) is 52.3 Å². The van der Waals surface area contributed by atoms with Gasteiger partial charge in [-0.1, -0.05) is 80.0 Å². The number of hydrogen-bond acceptors (Lipinski definition) is 7. The minimum absolute atomic E-state index is 0.409. The van der Waals surface area contributed by atoms with Gasteiger partial charge in [-0.25, -0.2) is 9.98 Å². The van der Waals surface area contributed by atoms with Crippen molar-refractivity contribution in [2.75, 3.05) is 13.7 Å². The van der Waals surface area contributed by atoms with Gasteiger partial charge in [-0.3, -0.25) is 9.98 Å². The molecule has 4 rings (SSSR count). The molecule has 1 aliphatic heterocycles. The summed E-state index contributed by atoms with van der Waals surface area (Å²) in [7, 11) is 1.61. The minimum Gasteiger partial charge on any atom is -0.484 e. The van der Waals surface area contributed by atoms with Gasteiger partial charge in [-0.05, 0) is 32.4 Å². The number of benzene rings is 2. The Morgan fingerprint density at radius 3 is 2.52 bits per heavy atom. The molecule has 0 saturated carbocycles. The van der Waals surface area contributed by atoms with Gasteiger partial charge in [-0.2, -0.15) is 0 Å². The Balaban J connectivity index is 1.64. The highest BCUT2D eigenvalue weighted by molar-refractivity contribution is 6.38. The summed E-state index contributed by atoms with van der Waals surface area (Å²) < 4.78 is 5.46. The summed E-state index contributed by atoms with van der Waals surface area (Å²) in [6, 6.07) is 12.0. The van der Waals surface area contributed by atoms with Crippen LogP contribution in [0.2, 0.25) is 10.0 Å². The molecule has 7 nitrogen and oxygen atoms in total. The highest BCUT2D eigenvalue weighted by Crippen LogP contribution is 2.41. The number of rotatable bonds is 12. The number of nitrogens with one attached hydrogen (secondary N) is 2. The molecular formula is C33H38Cl2N6O. The third-order valence-electron chi connectivity index (χ3n) is 7.15. The summed E-state index contributed by atoms with van der Waals surface area (Å²) >= 11 is 14.1. The van der Waals surface area contributed by atoms with Crippen LogP contribution < -0.4 is 10.6 Å². The lowest BCUT2D eigenvalue weighted by Gasteiger charge is -2.16. The van der Waals surface area contributed by atoms with Gasteiger partial charge in [0.1, 0.15) is 0 Å². The molecule has 0 aliphatic carbocycles. The van der Waals surface area contributed by atoms with E-state index in [1.807, 2.05) is 36.4 Å². The van der Waals surface area contributed by atoms with E-state index in [9.17, 15) is 0 Å². The molecule has 1 saturated heterocycles. The van der Waals surface area contributed by atoms with E-state index in [2.05, 4.69) is 47.8 Å². The van der Waals surface area contributed by atoms with E-state index in [0.29, 0.717) is 51.9 Å². The van der Waals surface area contributed by atoms with Crippen LogP contribution in [0.3, 0.4) is 0 Å². The number of aliphatic imine (C=N–C) groups is 2. The first-order valence-corrected chi connectivity index (χ1v) is 15.0. The Morgan fingerprint density at radius 1 is 1.12 bits per heavy atom. The molecular weight excluding hydrogens is 567 g/mol. The van der Waals surface area contributed by atoms with Crippen LogP contribution in [0.4, 0.5) is 0 Å². The Kier molecular flexibility index (Phi) is 11.3. The largest absolute Gasteiger partial charge is 0.484 e. The average molecular weight is 606 g/mol. The van der Waals surface area contributed by atoms with Gasteiger partial charge in [0.2, 0.25) is 0 Å². The summed E-state index contributed by atoms with van der Waals surface area (Å²) in [6.45, 7) is 13.3. The van der Waals surface area contributed by atoms with E-state index in [1.165, 1.54) is 0 Å². The fraction of sp³-hybridized carbons (Fsp3) is 0.333. The highest BCUT2D eigenvalue weighted by Gasteiger charge is 2.19. The highest BCUT2D eigenvalue weighted by atomic mass is 35.5. The zero-order chi connectivity index (χ0) is 30.1. The van der Waals surface area contributed by atoms with Crippen molar-refractivity contribution in [2.45, 2.75) is 58.5 Å². The van der Waals surface area contributed by atoms with Crippen LogP contribution in [0.5, 0.6) is 0 Å². The lowest BCUT2D eigenvalue weighted by molar-refractivity contribution is 0.390. The van der Waals surface area contributed by atoms with Gasteiger partial charge < -0.3 is 15.4 Å². The maximum atomic E-state index is 7.05. The molecule has 1 aliphatic rings. The molecule has 42 heavy (non-hydrogen) atoms. The SMILES string of the molecule is C=N/C=C(\N=C(/CCC)OC)c1cccc(-c2cccc(-c3cnc(CNCC4CCC(=C)N4)c(CC)n3)c2Cl)c1Cl. The number of aryl methyl sites for hydroxylation is 1. The van der Waals surface area contributed by atoms with Crippen LogP contribution in [0, 0.1) is 0 Å². The molecule has 1 aromatic heterocycles. The Morgan fingerprint density at radius 2 is 1.86 bits per heavy atom. The molecule has 220 valence electrons. The summed E-state index contributed by atoms with van der Waals surface area (Å²) in [6.07, 6.45) is 7.85. The predicted molar refractivity (Wildman–Crippen MR) is 176 cm³/mol. The van der Waals surface area contributed by atoms with Crippen molar-refractivity contribution in [3.63, 3.8) is 0 Å². The van der Waals surface area contributed by atoms with E-state index in [4.69, 9.17) is 37.9 Å². The van der Waals surface area contributed by atoms with Gasteiger partial charge in [0, 0.05) is 53.5 Å². The van der Waals surface area contributed by atoms with E-state index < -0.39 is 0 Å². The zero-order valence-electron chi connectivity index (χ0n) is 24.5. The van der Waals surface area contributed by atoms with Crippen molar-refractivity contribution in [3.8, 4) is 22.4 Å². The van der Waals surface area contributed by atoms with Crippen LogP contribution in [0.1, 0.15) is 56.5 Å². The second kappa shape index (κ2) is 15.1. The minimum atomic E-state index is 0.409. The summed E-state index contributed by atoms with van der Waals surface area (Å²) in [5.41, 5.74) is 7.32. The molecule has 3 aromatic rings. The number of ether oxygens (including phenoxy) is 1. The standard InChI is InChI=1S/C33H38Cl2N6O/c1-6-10-31(42-5)41-28(18-36-4)25-13-8-11-23(32(25)34)24-12-9-14-26(33(24)35)29-20-38-30(27(7-2)40-29)19-37-17-22-16-15-21(3)39-22/h8-9,11-14,18,20,22,37,39H,3-4,6-7,10,15-17,19H2,1-2,5H3/b28-18-,41-31+. The number of halogens is 2. The van der Waals surface area contributed by atoms with E-state index in [1.54, 1.807) is 19.5 Å². The van der Waals surface area contributed by atoms with Gasteiger partial charge >= 0.3 is 0 Å². The summed E-state index contributed by atoms with van der Waals surface area (Å²) in [5.74, 6) is 0.596. The monoisotopic (exact) mass is 604 g/mol. The normalized spacial score (nSPS) is 15.5. The quantitative estimate of drug-likeness (QED) is 0.162. The lowest BCUT2D eigenvalue weighted by atomic mass is 9.98. The van der Waals surface area contributed by atoms with E-state index in [0.717, 1.165) is 66.0 Å². The number of allylic oxidation sites excluding steroid dienone is 1. The smallest absolute Gasteiger partial charge is 0.188 e. The zero-order valence-corrected chi connectivity index (χ0v) is 26.0. The molecule has 0 bridgehead atoms. The van der Waals surface area contributed by atoms with Crippen LogP contribution in [-0.4, -0.2) is 42.3 Å². The molecule has 1 fully saturated rings. The van der Waals surface area contributed by atoms with Gasteiger partial charge in [0.25, 0.3) is 0 Å². The lowest BCUT2D eigenvalue weighted by Crippen LogP contribution is -2.33. The van der Waals surface area contributed by atoms with Crippen LogP contribution >= 0.6 is 23.2 Å². The van der Waals surface area contributed by atoms with Crippen molar-refractivity contribution >= 4 is 41.5 Å². The summed E-state index contributed by atoms with van der Waals surface area (Å²) in [4.78, 5) is 18.4. The first-order chi connectivity index (χ1) is 20.4. The van der Waals surface area contributed by atoms with E-state index in [-0.39, 0.29) is 0 Å². The van der Waals surface area contributed by atoms with E-state index >= 15 is 0 Å². The third kappa shape index (κ3) is 7.46. The number of aromatic nitrogens is 2. The fourth-order valence-corrected chi connectivity index (χ4v) is 5.63. The molecule has 0 amide bonds. The van der Waals surface area contributed by atoms with Crippen molar-refractivity contribution < 1.29 is 4.74 Å². The third-order valence-corrected chi connectivity index (χ3v) is 7.96. The molecule has 2 aromatic carbocycles. The van der Waals surface area contributed by atoms with Crippen LogP contribution in [0.15, 0.2) is 71.1 Å². The number of methoxy groups -OCH3 is 1. The average Bonchev–Trinajstić information content (AvgIpc) is 3.42. The Hall–Kier alpha value is -3.52.